The molecule has 1 aliphatic heterocycles. The molecule has 0 radical (unpaired) electrons. The lowest BCUT2D eigenvalue weighted by molar-refractivity contribution is -0.148. The van der Waals surface area contributed by atoms with E-state index >= 15 is 0 Å². The molecule has 1 aromatic carbocycles. The Labute approximate surface area is 157 Å². The molecule has 2 heterocycles. The lowest BCUT2D eigenvalue weighted by atomic mass is 10.0. The van der Waals surface area contributed by atoms with Crippen LogP contribution >= 0.6 is 11.6 Å². The zero-order valence-corrected chi connectivity index (χ0v) is 16.1. The minimum Gasteiger partial charge on any atom is -0.478 e. The molecule has 0 atom stereocenters. The Morgan fingerprint density at radius 1 is 1.27 bits per heavy atom. The molecule has 2 aromatic rings. The molecule has 8 heteroatoms. The van der Waals surface area contributed by atoms with Gasteiger partial charge in [-0.15, -0.1) is 0 Å². The number of carbonyl (C=O) groups is 1. The molecule has 3 rings (SSSR count). The van der Waals surface area contributed by atoms with Crippen molar-refractivity contribution in [3.63, 3.8) is 0 Å². The summed E-state index contributed by atoms with van der Waals surface area (Å²) in [5.74, 6) is 0.519. The van der Waals surface area contributed by atoms with E-state index in [2.05, 4.69) is 0 Å². The summed E-state index contributed by atoms with van der Waals surface area (Å²) in [7, 11) is -3.37. The van der Waals surface area contributed by atoms with Gasteiger partial charge in [0.25, 0.3) is 5.91 Å². The van der Waals surface area contributed by atoms with Crippen molar-refractivity contribution in [2.75, 3.05) is 13.1 Å². The van der Waals surface area contributed by atoms with Gasteiger partial charge < -0.3 is 14.1 Å². The molecule has 1 aliphatic rings. The van der Waals surface area contributed by atoms with Gasteiger partial charge in [-0.3, -0.25) is 4.79 Å². The minimum absolute atomic E-state index is 0.155. The van der Waals surface area contributed by atoms with E-state index in [1.54, 1.807) is 50.2 Å². The fraction of sp³-hybridized carbons (Fsp3) is 0.389. The molecule has 6 nitrogen and oxygen atoms in total. The largest absolute Gasteiger partial charge is 0.478 e. The van der Waals surface area contributed by atoms with E-state index in [0.29, 0.717) is 16.5 Å². The minimum atomic E-state index is -3.37. The van der Waals surface area contributed by atoms with Crippen LogP contribution in [0.2, 0.25) is 5.02 Å². The number of benzene rings is 1. The number of furan rings is 1. The summed E-state index contributed by atoms with van der Waals surface area (Å²) in [6, 6.07) is 10.0. The van der Waals surface area contributed by atoms with Crippen LogP contribution in [-0.2, 0) is 20.4 Å². The van der Waals surface area contributed by atoms with Crippen LogP contribution in [0.5, 0.6) is 5.75 Å². The van der Waals surface area contributed by atoms with Gasteiger partial charge in [0.05, 0.1) is 11.5 Å². The maximum atomic E-state index is 12.7. The zero-order valence-electron chi connectivity index (χ0n) is 14.5. The van der Waals surface area contributed by atoms with Crippen molar-refractivity contribution in [1.29, 1.82) is 0 Å². The lowest BCUT2D eigenvalue weighted by Gasteiger charge is -2.42. The van der Waals surface area contributed by atoms with Crippen molar-refractivity contribution < 1.29 is 22.4 Å². The topological polar surface area (TPSA) is 76.8 Å². The van der Waals surface area contributed by atoms with Crippen LogP contribution in [0.4, 0.5) is 0 Å². The first-order valence-electron chi connectivity index (χ1n) is 8.15. The molecule has 0 N–H and O–H groups in total. The van der Waals surface area contributed by atoms with E-state index in [1.165, 1.54) is 11.2 Å². The Morgan fingerprint density at radius 3 is 2.50 bits per heavy atom. The number of hydrogen-bond acceptors (Lipinski definition) is 5. The molecule has 140 valence electrons. The number of hydrogen-bond donors (Lipinski definition) is 0. The maximum absolute atomic E-state index is 12.7. The third kappa shape index (κ3) is 4.04. The molecule has 0 unspecified atom stereocenters. The Balaban J connectivity index is 1.59. The summed E-state index contributed by atoms with van der Waals surface area (Å²) in [4.78, 5) is 14.2. The van der Waals surface area contributed by atoms with Gasteiger partial charge in [-0.1, -0.05) is 11.6 Å². The van der Waals surface area contributed by atoms with Gasteiger partial charge in [0.1, 0.15) is 17.3 Å². The van der Waals surface area contributed by atoms with E-state index in [4.69, 9.17) is 20.8 Å². The van der Waals surface area contributed by atoms with Crippen LogP contribution in [0, 0.1) is 0 Å². The average Bonchev–Trinajstić information content (AvgIpc) is 2.99. The Morgan fingerprint density at radius 2 is 1.92 bits per heavy atom. The molecule has 1 aromatic heterocycles. The van der Waals surface area contributed by atoms with E-state index < -0.39 is 20.7 Å². The molecular formula is C18H20ClNO5S. The van der Waals surface area contributed by atoms with Crippen LogP contribution in [0.25, 0.3) is 0 Å². The zero-order chi connectivity index (χ0) is 18.9. The number of carbonyl (C=O) groups excluding carboxylic acids is 1. The predicted octanol–water partition coefficient (Wildman–Crippen LogP) is 2.92. The molecule has 0 saturated carbocycles. The maximum Gasteiger partial charge on any atom is 0.266 e. The van der Waals surface area contributed by atoms with Crippen molar-refractivity contribution in [1.82, 2.24) is 4.90 Å². The van der Waals surface area contributed by atoms with Crippen LogP contribution in [0.3, 0.4) is 0 Å². The van der Waals surface area contributed by atoms with Gasteiger partial charge in [-0.2, -0.15) is 0 Å². The van der Waals surface area contributed by atoms with E-state index in [9.17, 15) is 13.2 Å². The Bertz CT molecular complexity index is 869. The third-order valence-corrected chi connectivity index (χ3v) is 6.52. The number of halogens is 1. The highest BCUT2D eigenvalue weighted by molar-refractivity contribution is 7.91. The molecule has 26 heavy (non-hydrogen) atoms. The predicted molar refractivity (Wildman–Crippen MR) is 97.9 cm³/mol. The van der Waals surface area contributed by atoms with E-state index in [-0.39, 0.29) is 24.7 Å². The van der Waals surface area contributed by atoms with Crippen LogP contribution in [0.1, 0.15) is 19.6 Å². The summed E-state index contributed by atoms with van der Waals surface area (Å²) in [6.07, 6.45) is 1.44. The van der Waals surface area contributed by atoms with Crippen molar-refractivity contribution in [3.05, 3.63) is 53.4 Å². The molecule has 1 amide bonds. The first-order valence-corrected chi connectivity index (χ1v) is 10.2. The summed E-state index contributed by atoms with van der Waals surface area (Å²) in [5, 5.41) is -0.00304. The second-order valence-electron chi connectivity index (χ2n) is 6.78. The standard InChI is InChI=1S/C18H20ClNO5S/c1-18(2,25-14-7-5-13(19)6-8-14)17(21)20-10-16(11-20)26(22,23)12-15-4-3-9-24-15/h3-9,16H,10-12H2,1-2H3. The average molecular weight is 398 g/mol. The normalized spacial score (nSPS) is 15.6. The van der Waals surface area contributed by atoms with Gasteiger partial charge in [-0.05, 0) is 50.2 Å². The van der Waals surface area contributed by atoms with E-state index in [1.807, 2.05) is 0 Å². The van der Waals surface area contributed by atoms with Gasteiger partial charge in [0.2, 0.25) is 0 Å². The Kier molecular flexibility index (Phi) is 5.03. The first-order chi connectivity index (χ1) is 12.2. The number of amides is 1. The summed E-state index contributed by atoms with van der Waals surface area (Å²) in [6.45, 7) is 3.65. The monoisotopic (exact) mass is 397 g/mol. The second-order valence-corrected chi connectivity index (χ2v) is 9.50. The highest BCUT2D eigenvalue weighted by atomic mass is 35.5. The molecule has 1 fully saturated rings. The number of nitrogens with zero attached hydrogens (tertiary/aromatic N) is 1. The highest BCUT2D eigenvalue weighted by Crippen LogP contribution is 2.27. The van der Waals surface area contributed by atoms with Crippen LogP contribution < -0.4 is 4.74 Å². The van der Waals surface area contributed by atoms with Gasteiger partial charge in [0, 0.05) is 18.1 Å². The van der Waals surface area contributed by atoms with Gasteiger partial charge in [-0.25, -0.2) is 8.42 Å². The number of likely N-dealkylation sites (tertiary alicyclic amines) is 1. The SMILES string of the molecule is CC(C)(Oc1ccc(Cl)cc1)C(=O)N1CC(S(=O)(=O)Cc2ccco2)C1. The molecule has 0 spiro atoms. The summed E-state index contributed by atoms with van der Waals surface area (Å²) in [5.41, 5.74) is -1.11. The van der Waals surface area contributed by atoms with Crippen molar-refractivity contribution in [3.8, 4) is 5.75 Å². The van der Waals surface area contributed by atoms with Crippen molar-refractivity contribution in [2.24, 2.45) is 0 Å². The fourth-order valence-electron chi connectivity index (χ4n) is 2.76. The van der Waals surface area contributed by atoms with Crippen LogP contribution in [-0.4, -0.2) is 43.2 Å². The molecule has 1 saturated heterocycles. The molecular weight excluding hydrogens is 378 g/mol. The van der Waals surface area contributed by atoms with Crippen molar-refractivity contribution >= 4 is 27.3 Å². The van der Waals surface area contributed by atoms with Crippen LogP contribution in [0.15, 0.2) is 47.1 Å². The summed E-state index contributed by atoms with van der Waals surface area (Å²) >= 11 is 5.84. The van der Waals surface area contributed by atoms with Gasteiger partial charge >= 0.3 is 0 Å². The number of sulfone groups is 1. The van der Waals surface area contributed by atoms with Gasteiger partial charge in [0.15, 0.2) is 15.4 Å². The van der Waals surface area contributed by atoms with E-state index in [0.717, 1.165) is 0 Å². The lowest BCUT2D eigenvalue weighted by Crippen LogP contribution is -2.62. The molecule has 0 bridgehead atoms. The first kappa shape index (κ1) is 18.8. The smallest absolute Gasteiger partial charge is 0.266 e. The molecule has 0 aliphatic carbocycles. The highest BCUT2D eigenvalue weighted by Gasteiger charge is 2.45. The second kappa shape index (κ2) is 6.96. The third-order valence-electron chi connectivity index (χ3n) is 4.27. The summed E-state index contributed by atoms with van der Waals surface area (Å²) < 4.78 is 35.6. The fourth-order valence-corrected chi connectivity index (χ4v) is 4.50. The Hall–Kier alpha value is -1.99. The number of ether oxygens (including phenoxy) is 1. The van der Waals surface area contributed by atoms with Crippen molar-refractivity contribution in [2.45, 2.75) is 30.5 Å². The number of rotatable bonds is 6. The quantitative estimate of drug-likeness (QED) is 0.749.